The summed E-state index contributed by atoms with van der Waals surface area (Å²) < 4.78 is 14.3. The molecule has 0 aliphatic carbocycles. The van der Waals surface area contributed by atoms with Crippen LogP contribution >= 0.6 is 39.9 Å². The minimum absolute atomic E-state index is 0. The topological polar surface area (TPSA) is 36.4 Å². The van der Waals surface area contributed by atoms with E-state index in [1.54, 1.807) is 25.3 Å². The van der Waals surface area contributed by atoms with Crippen LogP contribution in [0.5, 0.6) is 0 Å². The van der Waals surface area contributed by atoms with Gasteiger partial charge in [-0.25, -0.2) is 4.39 Å². The maximum absolute atomic E-state index is 13.4. The molecule has 0 unspecified atom stereocenters. The van der Waals surface area contributed by atoms with E-state index in [0.29, 0.717) is 24.6 Å². The van der Waals surface area contributed by atoms with Gasteiger partial charge in [0.05, 0.1) is 0 Å². The van der Waals surface area contributed by atoms with Crippen molar-refractivity contribution in [3.63, 3.8) is 0 Å². The zero-order valence-corrected chi connectivity index (χ0v) is 14.0. The number of rotatable bonds is 4. The van der Waals surface area contributed by atoms with Crippen molar-refractivity contribution in [2.75, 3.05) is 13.6 Å². The first-order valence-electron chi connectivity index (χ1n) is 5.16. The summed E-state index contributed by atoms with van der Waals surface area (Å²) in [4.78, 5) is 4.01. The van der Waals surface area contributed by atoms with Gasteiger partial charge in [-0.3, -0.25) is 4.99 Å². The quantitative estimate of drug-likeness (QED) is 0.335. The third-order valence-electron chi connectivity index (χ3n) is 2.09. The molecule has 18 heavy (non-hydrogen) atoms. The molecule has 0 heterocycles. The predicted octanol–water partition coefficient (Wildman–Crippen LogP) is 3.06. The second kappa shape index (κ2) is 9.32. The van der Waals surface area contributed by atoms with E-state index in [-0.39, 0.29) is 29.8 Å². The van der Waals surface area contributed by atoms with Crippen LogP contribution in [0.3, 0.4) is 0 Å². The van der Waals surface area contributed by atoms with Crippen molar-refractivity contribution in [3.8, 4) is 0 Å². The largest absolute Gasteiger partial charge is 0.353 e. The molecule has 0 aliphatic rings. The van der Waals surface area contributed by atoms with E-state index in [0.717, 1.165) is 4.47 Å². The van der Waals surface area contributed by atoms with Crippen molar-refractivity contribution in [3.05, 3.63) is 46.7 Å². The van der Waals surface area contributed by atoms with Crippen LogP contribution in [0.4, 0.5) is 4.39 Å². The van der Waals surface area contributed by atoms with Gasteiger partial charge in [0.2, 0.25) is 0 Å². The normalized spacial score (nSPS) is 10.5. The van der Waals surface area contributed by atoms with Crippen molar-refractivity contribution >= 4 is 45.9 Å². The SMILES string of the molecule is C=CCNC(=NC)NCc1cc(Br)ccc1F.I. The second-order valence-corrected chi connectivity index (χ2v) is 4.25. The van der Waals surface area contributed by atoms with Gasteiger partial charge in [0.25, 0.3) is 0 Å². The van der Waals surface area contributed by atoms with E-state index in [2.05, 4.69) is 38.1 Å². The number of hydrogen-bond acceptors (Lipinski definition) is 1. The van der Waals surface area contributed by atoms with Crippen molar-refractivity contribution in [2.45, 2.75) is 6.54 Å². The molecule has 0 radical (unpaired) electrons. The summed E-state index contributed by atoms with van der Waals surface area (Å²) in [5, 5.41) is 6.03. The summed E-state index contributed by atoms with van der Waals surface area (Å²) in [5.74, 6) is 0.379. The van der Waals surface area contributed by atoms with Gasteiger partial charge >= 0.3 is 0 Å². The molecule has 2 N–H and O–H groups in total. The highest BCUT2D eigenvalue weighted by Crippen LogP contribution is 2.15. The summed E-state index contributed by atoms with van der Waals surface area (Å²) in [6.45, 7) is 4.59. The van der Waals surface area contributed by atoms with E-state index in [1.165, 1.54) is 6.07 Å². The highest BCUT2D eigenvalue weighted by molar-refractivity contribution is 14.0. The lowest BCUT2D eigenvalue weighted by atomic mass is 10.2. The van der Waals surface area contributed by atoms with Crippen molar-refractivity contribution in [1.29, 1.82) is 0 Å². The molecule has 0 saturated heterocycles. The maximum Gasteiger partial charge on any atom is 0.191 e. The Bertz CT molecular complexity index is 424. The molecule has 1 rings (SSSR count). The van der Waals surface area contributed by atoms with Gasteiger partial charge in [-0.1, -0.05) is 22.0 Å². The van der Waals surface area contributed by atoms with Crippen molar-refractivity contribution in [2.24, 2.45) is 4.99 Å². The lowest BCUT2D eigenvalue weighted by Gasteiger charge is -2.11. The third-order valence-corrected chi connectivity index (χ3v) is 2.58. The molecule has 6 heteroatoms. The van der Waals surface area contributed by atoms with E-state index < -0.39 is 0 Å². The second-order valence-electron chi connectivity index (χ2n) is 3.33. The molecule has 0 aromatic heterocycles. The molecule has 0 fully saturated rings. The first-order valence-corrected chi connectivity index (χ1v) is 5.96. The lowest BCUT2D eigenvalue weighted by molar-refractivity contribution is 0.604. The van der Waals surface area contributed by atoms with E-state index in [9.17, 15) is 4.39 Å². The molecule has 3 nitrogen and oxygen atoms in total. The standard InChI is InChI=1S/C12H15BrFN3.HI/c1-3-6-16-12(15-2)17-8-9-7-10(13)4-5-11(9)14;/h3-5,7H,1,6,8H2,2H3,(H2,15,16,17);1H. The maximum atomic E-state index is 13.4. The Kier molecular flexibility index (Phi) is 8.99. The van der Waals surface area contributed by atoms with E-state index in [4.69, 9.17) is 0 Å². The molecular weight excluding hydrogens is 412 g/mol. The van der Waals surface area contributed by atoms with Crippen LogP contribution in [0.25, 0.3) is 0 Å². The summed E-state index contributed by atoms with van der Waals surface area (Å²) >= 11 is 3.31. The summed E-state index contributed by atoms with van der Waals surface area (Å²) in [6, 6.07) is 4.84. The molecular formula is C12H16BrFIN3. The molecule has 0 saturated carbocycles. The Balaban J connectivity index is 0.00000289. The molecule has 0 bridgehead atoms. The minimum atomic E-state index is -0.236. The van der Waals surface area contributed by atoms with Gasteiger partial charge in [-0.15, -0.1) is 30.6 Å². The number of guanidine groups is 1. The van der Waals surface area contributed by atoms with Gasteiger partial charge in [-0.2, -0.15) is 0 Å². The average molecular weight is 428 g/mol. The number of hydrogen-bond donors (Lipinski definition) is 2. The Morgan fingerprint density at radius 2 is 2.22 bits per heavy atom. The van der Waals surface area contributed by atoms with Crippen molar-refractivity contribution < 1.29 is 4.39 Å². The van der Waals surface area contributed by atoms with Gasteiger partial charge in [0, 0.05) is 30.2 Å². The Morgan fingerprint density at radius 1 is 1.50 bits per heavy atom. The van der Waals surface area contributed by atoms with Crippen LogP contribution in [-0.2, 0) is 6.54 Å². The first kappa shape index (κ1) is 17.4. The zero-order chi connectivity index (χ0) is 12.7. The predicted molar refractivity (Wildman–Crippen MR) is 87.9 cm³/mol. The molecule has 0 spiro atoms. The highest BCUT2D eigenvalue weighted by atomic mass is 127. The lowest BCUT2D eigenvalue weighted by Crippen LogP contribution is -2.36. The monoisotopic (exact) mass is 427 g/mol. The fourth-order valence-electron chi connectivity index (χ4n) is 1.25. The fourth-order valence-corrected chi connectivity index (χ4v) is 1.66. The summed E-state index contributed by atoms with van der Waals surface area (Å²) in [6.07, 6.45) is 1.73. The molecule has 100 valence electrons. The van der Waals surface area contributed by atoms with Crippen LogP contribution in [0, 0.1) is 5.82 Å². The van der Waals surface area contributed by atoms with Gasteiger partial charge in [0.15, 0.2) is 5.96 Å². The van der Waals surface area contributed by atoms with Crippen LogP contribution in [0.1, 0.15) is 5.56 Å². The minimum Gasteiger partial charge on any atom is -0.353 e. The van der Waals surface area contributed by atoms with Gasteiger partial charge in [-0.05, 0) is 18.2 Å². The number of nitrogens with zero attached hydrogens (tertiary/aromatic N) is 1. The molecule has 0 amide bonds. The van der Waals surface area contributed by atoms with Crippen LogP contribution in [-0.4, -0.2) is 19.6 Å². The summed E-state index contributed by atoms with van der Waals surface area (Å²) in [7, 11) is 1.66. The Labute approximate surface area is 132 Å². The van der Waals surface area contributed by atoms with Crippen LogP contribution < -0.4 is 10.6 Å². The molecule has 1 aromatic carbocycles. The average Bonchev–Trinajstić information content (AvgIpc) is 2.33. The van der Waals surface area contributed by atoms with E-state index in [1.807, 2.05) is 0 Å². The zero-order valence-electron chi connectivity index (χ0n) is 10.0. The smallest absolute Gasteiger partial charge is 0.191 e. The van der Waals surface area contributed by atoms with Gasteiger partial charge in [0.1, 0.15) is 5.82 Å². The highest BCUT2D eigenvalue weighted by Gasteiger charge is 2.03. The third kappa shape index (κ3) is 5.81. The molecule has 1 aromatic rings. The van der Waals surface area contributed by atoms with Crippen LogP contribution in [0.2, 0.25) is 0 Å². The number of benzene rings is 1. The van der Waals surface area contributed by atoms with E-state index >= 15 is 0 Å². The Hall–Kier alpha value is -0.630. The number of aliphatic imine (C=N–C) groups is 1. The van der Waals surface area contributed by atoms with Crippen LogP contribution in [0.15, 0.2) is 40.3 Å². The number of nitrogens with one attached hydrogen (secondary N) is 2. The molecule has 0 aliphatic heterocycles. The van der Waals surface area contributed by atoms with Gasteiger partial charge < -0.3 is 10.6 Å². The fraction of sp³-hybridized carbons (Fsp3) is 0.250. The number of halogens is 3. The van der Waals surface area contributed by atoms with Crippen molar-refractivity contribution in [1.82, 2.24) is 10.6 Å². The first-order chi connectivity index (χ1) is 8.17. The Morgan fingerprint density at radius 3 is 2.83 bits per heavy atom. The summed E-state index contributed by atoms with van der Waals surface area (Å²) in [5.41, 5.74) is 0.584. The molecule has 0 atom stereocenters.